The third kappa shape index (κ3) is 3.44. The van der Waals surface area contributed by atoms with E-state index in [2.05, 4.69) is 20.9 Å². The summed E-state index contributed by atoms with van der Waals surface area (Å²) < 4.78 is 6.10. The van der Waals surface area contributed by atoms with Gasteiger partial charge in [0.15, 0.2) is 0 Å². The zero-order chi connectivity index (χ0) is 14.1. The number of nitrogens with zero attached hydrogens (tertiary/aromatic N) is 3. The lowest BCUT2D eigenvalue weighted by Gasteiger charge is -2.37. The van der Waals surface area contributed by atoms with Crippen LogP contribution in [0.1, 0.15) is 24.8 Å². The number of piperazine rings is 1. The van der Waals surface area contributed by atoms with Crippen molar-refractivity contribution in [2.24, 2.45) is 5.92 Å². The molecule has 1 aromatic heterocycles. The molecule has 1 aromatic rings. The molecule has 2 saturated heterocycles. The van der Waals surface area contributed by atoms with Gasteiger partial charge < -0.3 is 4.74 Å². The van der Waals surface area contributed by atoms with Crippen LogP contribution in [-0.4, -0.2) is 59.7 Å². The summed E-state index contributed by atoms with van der Waals surface area (Å²) in [7, 11) is 0. The van der Waals surface area contributed by atoms with E-state index in [9.17, 15) is 0 Å². The molecule has 0 bridgehead atoms. The molecule has 3 heterocycles. The Morgan fingerprint density at radius 1 is 1.24 bits per heavy atom. The van der Waals surface area contributed by atoms with Crippen molar-refractivity contribution in [1.29, 1.82) is 0 Å². The first-order valence-corrected chi connectivity index (χ1v) is 8.34. The minimum absolute atomic E-state index is 0.481. The molecule has 114 valence electrons. The number of hydrogen-bond acceptors (Lipinski definition) is 4. The minimum atomic E-state index is 0.481. The lowest BCUT2D eigenvalue weighted by atomic mass is 10.1. The van der Waals surface area contributed by atoms with Crippen LogP contribution < -0.4 is 0 Å². The molecule has 0 spiro atoms. The average molecular weight is 287 g/mol. The van der Waals surface area contributed by atoms with Crippen molar-refractivity contribution < 1.29 is 4.74 Å². The van der Waals surface area contributed by atoms with E-state index in [0.29, 0.717) is 12.1 Å². The predicted molar refractivity (Wildman–Crippen MR) is 82.0 cm³/mol. The van der Waals surface area contributed by atoms with E-state index in [0.717, 1.165) is 25.6 Å². The Kier molecular flexibility index (Phi) is 3.93. The number of rotatable bonds is 5. The number of ether oxygens (including phenoxy) is 1. The molecule has 0 radical (unpaired) electrons. The van der Waals surface area contributed by atoms with Gasteiger partial charge in [-0.25, -0.2) is 0 Å². The summed E-state index contributed by atoms with van der Waals surface area (Å²) in [5.74, 6) is 0.879. The van der Waals surface area contributed by atoms with Crippen molar-refractivity contribution in [2.45, 2.75) is 38.0 Å². The number of pyridine rings is 1. The van der Waals surface area contributed by atoms with Gasteiger partial charge in [-0.3, -0.25) is 14.8 Å². The predicted octanol–water partition coefficient (Wildman–Crippen LogP) is 1.77. The van der Waals surface area contributed by atoms with E-state index in [4.69, 9.17) is 4.74 Å². The number of aromatic nitrogens is 1. The quantitative estimate of drug-likeness (QED) is 0.825. The van der Waals surface area contributed by atoms with E-state index >= 15 is 0 Å². The summed E-state index contributed by atoms with van der Waals surface area (Å²) >= 11 is 0. The summed E-state index contributed by atoms with van der Waals surface area (Å²) in [5.41, 5.74) is 1.32. The minimum Gasteiger partial charge on any atom is -0.377 e. The molecular weight excluding hydrogens is 262 g/mol. The fourth-order valence-electron chi connectivity index (χ4n) is 3.63. The van der Waals surface area contributed by atoms with Crippen LogP contribution >= 0.6 is 0 Å². The normalized spacial score (nSPS) is 30.5. The van der Waals surface area contributed by atoms with Crippen LogP contribution in [0.15, 0.2) is 24.5 Å². The second-order valence-corrected chi connectivity index (χ2v) is 6.88. The molecule has 0 aromatic carbocycles. The van der Waals surface area contributed by atoms with Crippen LogP contribution in [0.25, 0.3) is 0 Å². The van der Waals surface area contributed by atoms with Gasteiger partial charge in [0.05, 0.1) is 6.10 Å². The standard InChI is InChI=1S/C17H25N3O/c1-2-15(9-18-5-1)10-19-6-7-20-12-17(8-16(20)11-19)21-13-14-3-4-14/h1-2,5,9,14,16-17H,3-4,6-8,10-13H2. The van der Waals surface area contributed by atoms with Gasteiger partial charge >= 0.3 is 0 Å². The Balaban J connectivity index is 1.28. The third-order valence-corrected chi connectivity index (χ3v) is 5.06. The van der Waals surface area contributed by atoms with Crippen molar-refractivity contribution >= 4 is 0 Å². The van der Waals surface area contributed by atoms with Gasteiger partial charge in [-0.1, -0.05) is 6.07 Å². The molecule has 0 N–H and O–H groups in total. The fourth-order valence-corrected chi connectivity index (χ4v) is 3.63. The Hall–Kier alpha value is -0.970. The maximum absolute atomic E-state index is 6.10. The zero-order valence-corrected chi connectivity index (χ0v) is 12.7. The van der Waals surface area contributed by atoms with Crippen LogP contribution in [0.4, 0.5) is 0 Å². The zero-order valence-electron chi connectivity index (χ0n) is 12.7. The lowest BCUT2D eigenvalue weighted by Crippen LogP contribution is -2.49. The first-order chi connectivity index (χ1) is 10.4. The summed E-state index contributed by atoms with van der Waals surface area (Å²) in [5, 5.41) is 0. The van der Waals surface area contributed by atoms with Crippen molar-refractivity contribution in [1.82, 2.24) is 14.8 Å². The first-order valence-electron chi connectivity index (χ1n) is 8.34. The Bertz CT molecular complexity index is 462. The van der Waals surface area contributed by atoms with Crippen LogP contribution in [-0.2, 0) is 11.3 Å². The molecule has 4 nitrogen and oxygen atoms in total. The first kappa shape index (κ1) is 13.7. The SMILES string of the molecule is c1cncc(CN2CCN3CC(OCC4CC4)CC3C2)c1. The number of hydrogen-bond donors (Lipinski definition) is 0. The second-order valence-electron chi connectivity index (χ2n) is 6.88. The molecule has 4 rings (SSSR count). The molecule has 0 amide bonds. The van der Waals surface area contributed by atoms with Crippen LogP contribution in [0.5, 0.6) is 0 Å². The maximum atomic E-state index is 6.10. The van der Waals surface area contributed by atoms with Crippen molar-refractivity contribution in [2.75, 3.05) is 32.8 Å². The van der Waals surface area contributed by atoms with Crippen LogP contribution in [0, 0.1) is 5.92 Å². The fraction of sp³-hybridized carbons (Fsp3) is 0.706. The van der Waals surface area contributed by atoms with Gasteiger partial charge in [0.1, 0.15) is 0 Å². The summed E-state index contributed by atoms with van der Waals surface area (Å²) in [6.45, 7) is 6.72. The van der Waals surface area contributed by atoms with Gasteiger partial charge in [-0.15, -0.1) is 0 Å². The smallest absolute Gasteiger partial charge is 0.0717 e. The van der Waals surface area contributed by atoms with E-state index in [1.807, 2.05) is 18.5 Å². The van der Waals surface area contributed by atoms with E-state index in [1.54, 1.807) is 0 Å². The Morgan fingerprint density at radius 3 is 3.00 bits per heavy atom. The Morgan fingerprint density at radius 2 is 2.19 bits per heavy atom. The van der Waals surface area contributed by atoms with Crippen molar-refractivity contribution in [3.05, 3.63) is 30.1 Å². The maximum Gasteiger partial charge on any atom is 0.0717 e. The molecule has 2 unspecified atom stereocenters. The monoisotopic (exact) mass is 287 g/mol. The molecule has 3 fully saturated rings. The lowest BCUT2D eigenvalue weighted by molar-refractivity contribution is 0.0508. The van der Waals surface area contributed by atoms with E-state index in [1.165, 1.54) is 44.5 Å². The van der Waals surface area contributed by atoms with Crippen molar-refractivity contribution in [3.8, 4) is 0 Å². The van der Waals surface area contributed by atoms with Crippen LogP contribution in [0.3, 0.4) is 0 Å². The van der Waals surface area contributed by atoms with E-state index in [-0.39, 0.29) is 0 Å². The number of fused-ring (bicyclic) bond motifs is 1. The molecule has 1 aliphatic carbocycles. The van der Waals surface area contributed by atoms with E-state index < -0.39 is 0 Å². The third-order valence-electron chi connectivity index (χ3n) is 5.06. The Labute approximate surface area is 127 Å². The molecule has 1 saturated carbocycles. The molecular formula is C17H25N3O. The van der Waals surface area contributed by atoms with Gasteiger partial charge in [-0.2, -0.15) is 0 Å². The highest BCUT2D eigenvalue weighted by Gasteiger charge is 2.37. The largest absolute Gasteiger partial charge is 0.377 e. The molecule has 21 heavy (non-hydrogen) atoms. The molecule has 2 aliphatic heterocycles. The van der Waals surface area contributed by atoms with Gasteiger partial charge in [-0.05, 0) is 36.8 Å². The van der Waals surface area contributed by atoms with Crippen molar-refractivity contribution in [3.63, 3.8) is 0 Å². The van der Waals surface area contributed by atoms with Crippen LogP contribution in [0.2, 0.25) is 0 Å². The summed E-state index contributed by atoms with van der Waals surface area (Å²) in [6.07, 6.45) is 8.31. The van der Waals surface area contributed by atoms with Gasteiger partial charge in [0.25, 0.3) is 0 Å². The highest BCUT2D eigenvalue weighted by Crippen LogP contribution is 2.31. The molecule has 2 atom stereocenters. The van der Waals surface area contributed by atoms with Gasteiger partial charge in [0, 0.05) is 57.8 Å². The second kappa shape index (κ2) is 6.03. The highest BCUT2D eigenvalue weighted by atomic mass is 16.5. The molecule has 4 heteroatoms. The van der Waals surface area contributed by atoms with Gasteiger partial charge in [0.2, 0.25) is 0 Å². The topological polar surface area (TPSA) is 28.6 Å². The summed E-state index contributed by atoms with van der Waals surface area (Å²) in [6, 6.07) is 4.90. The molecule has 3 aliphatic rings. The highest BCUT2D eigenvalue weighted by molar-refractivity contribution is 5.08. The average Bonchev–Trinajstić information content (AvgIpc) is 3.25. The summed E-state index contributed by atoms with van der Waals surface area (Å²) in [4.78, 5) is 9.43.